The van der Waals surface area contributed by atoms with Crippen molar-refractivity contribution in [1.82, 2.24) is 0 Å². The van der Waals surface area contributed by atoms with Crippen molar-refractivity contribution in [3.05, 3.63) is 73.7 Å². The largest absolute Gasteiger partial charge is 0.288 e. The van der Waals surface area contributed by atoms with Crippen LogP contribution in [0, 0.1) is 17.0 Å². The number of hydrogen-bond donors (Lipinski definition) is 0. The maximum absolute atomic E-state index is 12.4. The molecule has 0 heterocycles. The van der Waals surface area contributed by atoms with Crippen LogP contribution in [-0.2, 0) is 0 Å². The Morgan fingerprint density at radius 2 is 1.84 bits per heavy atom. The van der Waals surface area contributed by atoms with E-state index >= 15 is 0 Å². The Balaban J connectivity index is 2.62. The van der Waals surface area contributed by atoms with Gasteiger partial charge in [0.15, 0.2) is 0 Å². The normalized spacial score (nSPS) is 10.2. The van der Waals surface area contributed by atoms with Crippen molar-refractivity contribution < 1.29 is 9.72 Å². The first-order valence-corrected chi connectivity index (χ1v) is 6.34. The minimum absolute atomic E-state index is 0.0850. The number of halogens is 1. The lowest BCUT2D eigenvalue weighted by atomic mass is 10.0. The predicted molar refractivity (Wildman–Crippen MR) is 75.4 cm³/mol. The van der Waals surface area contributed by atoms with E-state index in [1.807, 2.05) is 0 Å². The number of ketones is 1. The molecule has 0 N–H and O–H groups in total. The van der Waals surface area contributed by atoms with Gasteiger partial charge in [0, 0.05) is 16.1 Å². The highest BCUT2D eigenvalue weighted by atomic mass is 79.9. The van der Waals surface area contributed by atoms with E-state index in [0.717, 1.165) is 5.56 Å². The highest BCUT2D eigenvalue weighted by Gasteiger charge is 2.24. The van der Waals surface area contributed by atoms with E-state index in [2.05, 4.69) is 15.9 Å². The van der Waals surface area contributed by atoms with Crippen LogP contribution < -0.4 is 0 Å². The molecule has 4 nitrogen and oxygen atoms in total. The summed E-state index contributed by atoms with van der Waals surface area (Å²) in [5, 5.41) is 11.1. The fourth-order valence-electron chi connectivity index (χ4n) is 1.83. The number of rotatable bonds is 3. The molecule has 5 heteroatoms. The molecule has 2 aromatic rings. The van der Waals surface area contributed by atoms with Crippen LogP contribution in [0.5, 0.6) is 0 Å². The molecular formula is C14H10BrNO3. The Hall–Kier alpha value is -2.01. The summed E-state index contributed by atoms with van der Waals surface area (Å²) in [6, 6.07) is 11.6. The second-order valence-electron chi connectivity index (χ2n) is 4.09. The Bertz CT molecular complexity index is 653. The van der Waals surface area contributed by atoms with Gasteiger partial charge < -0.3 is 0 Å². The van der Waals surface area contributed by atoms with E-state index in [9.17, 15) is 14.9 Å². The summed E-state index contributed by atoms with van der Waals surface area (Å²) in [5.41, 5.74) is 1.06. The standard InChI is InChI=1S/C14H10BrNO3/c1-9-7-11(15)13(12(8-9)16(18)19)14(17)10-5-3-2-4-6-10/h2-8H,1H3. The number of benzene rings is 2. The van der Waals surface area contributed by atoms with Gasteiger partial charge in [0.2, 0.25) is 5.78 Å². The Morgan fingerprint density at radius 1 is 1.21 bits per heavy atom. The summed E-state index contributed by atoms with van der Waals surface area (Å²) in [6.07, 6.45) is 0. The van der Waals surface area contributed by atoms with Gasteiger partial charge in [-0.1, -0.05) is 30.3 Å². The van der Waals surface area contributed by atoms with E-state index in [0.29, 0.717) is 10.0 Å². The van der Waals surface area contributed by atoms with Crippen molar-refractivity contribution in [3.63, 3.8) is 0 Å². The van der Waals surface area contributed by atoms with Crippen molar-refractivity contribution in [2.45, 2.75) is 6.92 Å². The average Bonchev–Trinajstić information content (AvgIpc) is 2.38. The fraction of sp³-hybridized carbons (Fsp3) is 0.0714. The second-order valence-corrected chi connectivity index (χ2v) is 4.95. The maximum Gasteiger partial charge on any atom is 0.281 e. The van der Waals surface area contributed by atoms with Gasteiger partial charge in [-0.2, -0.15) is 0 Å². The van der Waals surface area contributed by atoms with Gasteiger partial charge in [-0.3, -0.25) is 14.9 Å². The molecular weight excluding hydrogens is 310 g/mol. The molecule has 0 fully saturated rings. The van der Waals surface area contributed by atoms with Gasteiger partial charge in [0.1, 0.15) is 5.56 Å². The van der Waals surface area contributed by atoms with Gasteiger partial charge >= 0.3 is 0 Å². The molecule has 0 saturated heterocycles. The molecule has 0 unspecified atom stereocenters. The molecule has 0 radical (unpaired) electrons. The van der Waals surface area contributed by atoms with E-state index < -0.39 is 4.92 Å². The third kappa shape index (κ3) is 2.71. The molecule has 0 aliphatic carbocycles. The molecule has 0 aliphatic rings. The zero-order chi connectivity index (χ0) is 14.0. The van der Waals surface area contributed by atoms with Gasteiger partial charge in [-0.05, 0) is 34.5 Å². The zero-order valence-electron chi connectivity index (χ0n) is 10.1. The third-order valence-corrected chi connectivity index (χ3v) is 3.30. The molecule has 0 spiro atoms. The van der Waals surface area contributed by atoms with Gasteiger partial charge in [-0.15, -0.1) is 0 Å². The van der Waals surface area contributed by atoms with Crippen LogP contribution in [-0.4, -0.2) is 10.7 Å². The van der Waals surface area contributed by atoms with Gasteiger partial charge in [0.05, 0.1) is 4.92 Å². The molecule has 0 saturated carbocycles. The smallest absolute Gasteiger partial charge is 0.281 e. The lowest BCUT2D eigenvalue weighted by Gasteiger charge is -2.06. The topological polar surface area (TPSA) is 60.2 Å². The summed E-state index contributed by atoms with van der Waals surface area (Å²) in [7, 11) is 0. The number of nitro groups is 1. The summed E-state index contributed by atoms with van der Waals surface area (Å²) in [6.45, 7) is 1.74. The van der Waals surface area contributed by atoms with Crippen molar-refractivity contribution in [2.24, 2.45) is 0 Å². The quantitative estimate of drug-likeness (QED) is 0.489. The summed E-state index contributed by atoms with van der Waals surface area (Å²) >= 11 is 3.24. The zero-order valence-corrected chi connectivity index (χ0v) is 11.7. The molecule has 2 rings (SSSR count). The highest BCUT2D eigenvalue weighted by molar-refractivity contribution is 9.10. The number of carbonyl (C=O) groups excluding carboxylic acids is 1. The third-order valence-electron chi connectivity index (χ3n) is 2.67. The summed E-state index contributed by atoms with van der Waals surface area (Å²) in [5.74, 6) is -0.362. The van der Waals surface area contributed by atoms with Crippen LogP contribution in [0.2, 0.25) is 0 Å². The summed E-state index contributed by atoms with van der Waals surface area (Å²) < 4.78 is 0.438. The van der Waals surface area contributed by atoms with Crippen LogP contribution >= 0.6 is 15.9 Å². The predicted octanol–water partition coefficient (Wildman–Crippen LogP) is 3.90. The number of carbonyl (C=O) groups is 1. The summed E-state index contributed by atoms with van der Waals surface area (Å²) in [4.78, 5) is 22.9. The highest BCUT2D eigenvalue weighted by Crippen LogP contribution is 2.30. The lowest BCUT2D eigenvalue weighted by Crippen LogP contribution is -2.07. The number of nitrogens with zero attached hydrogens (tertiary/aromatic N) is 1. The first kappa shape index (κ1) is 13.4. The maximum atomic E-state index is 12.4. The van der Waals surface area contributed by atoms with E-state index in [-0.39, 0.29) is 17.0 Å². The van der Waals surface area contributed by atoms with Crippen LogP contribution in [0.25, 0.3) is 0 Å². The molecule has 0 aromatic heterocycles. The minimum atomic E-state index is -0.534. The molecule has 0 bridgehead atoms. The van der Waals surface area contributed by atoms with Crippen LogP contribution in [0.15, 0.2) is 46.9 Å². The molecule has 0 atom stereocenters. The van der Waals surface area contributed by atoms with Crippen molar-refractivity contribution in [3.8, 4) is 0 Å². The molecule has 96 valence electrons. The Morgan fingerprint density at radius 3 is 2.42 bits per heavy atom. The Kier molecular flexibility index (Phi) is 3.76. The van der Waals surface area contributed by atoms with E-state index in [1.165, 1.54) is 6.07 Å². The van der Waals surface area contributed by atoms with Crippen LogP contribution in [0.3, 0.4) is 0 Å². The van der Waals surface area contributed by atoms with Crippen molar-refractivity contribution >= 4 is 27.4 Å². The SMILES string of the molecule is Cc1cc(Br)c(C(=O)c2ccccc2)c([N+](=O)[O-])c1. The molecule has 19 heavy (non-hydrogen) atoms. The number of hydrogen-bond acceptors (Lipinski definition) is 3. The monoisotopic (exact) mass is 319 g/mol. The molecule has 0 aliphatic heterocycles. The van der Waals surface area contributed by atoms with Crippen LogP contribution in [0.1, 0.15) is 21.5 Å². The van der Waals surface area contributed by atoms with Crippen molar-refractivity contribution in [1.29, 1.82) is 0 Å². The fourth-order valence-corrected chi connectivity index (χ4v) is 2.57. The van der Waals surface area contributed by atoms with Gasteiger partial charge in [0.25, 0.3) is 5.69 Å². The molecule has 2 aromatic carbocycles. The first-order chi connectivity index (χ1) is 9.00. The lowest BCUT2D eigenvalue weighted by molar-refractivity contribution is -0.385. The molecule has 0 amide bonds. The average molecular weight is 320 g/mol. The minimum Gasteiger partial charge on any atom is -0.288 e. The van der Waals surface area contributed by atoms with E-state index in [4.69, 9.17) is 0 Å². The number of nitro benzene ring substituents is 1. The van der Waals surface area contributed by atoms with Gasteiger partial charge in [-0.25, -0.2) is 0 Å². The van der Waals surface area contributed by atoms with E-state index in [1.54, 1.807) is 43.3 Å². The Labute approximate surface area is 118 Å². The van der Waals surface area contributed by atoms with Crippen molar-refractivity contribution in [2.75, 3.05) is 0 Å². The first-order valence-electron chi connectivity index (χ1n) is 5.55. The second kappa shape index (κ2) is 5.32. The number of aryl methyl sites for hydroxylation is 1. The van der Waals surface area contributed by atoms with Crippen LogP contribution in [0.4, 0.5) is 5.69 Å².